The molecule has 0 amide bonds. The third-order valence-electron chi connectivity index (χ3n) is 3.07. The predicted molar refractivity (Wildman–Crippen MR) is 85.1 cm³/mol. The molecule has 0 unspecified atom stereocenters. The van der Waals surface area contributed by atoms with Crippen LogP contribution in [0.2, 0.25) is 10.3 Å². The van der Waals surface area contributed by atoms with Crippen LogP contribution in [0.1, 0.15) is 0 Å². The van der Waals surface area contributed by atoms with Crippen LogP contribution >= 0.6 is 23.2 Å². The lowest BCUT2D eigenvalue weighted by Crippen LogP contribution is -1.84. The summed E-state index contributed by atoms with van der Waals surface area (Å²) in [5, 5.41) is 0.801. The normalized spacial score (nSPS) is 10.5. The second-order valence-electron chi connectivity index (χ2n) is 4.45. The molecule has 1 heterocycles. The van der Waals surface area contributed by atoms with Crippen molar-refractivity contribution in [1.82, 2.24) is 4.98 Å². The molecule has 2 aromatic carbocycles. The minimum atomic E-state index is 0.401. The van der Waals surface area contributed by atoms with Crippen LogP contribution in [0.15, 0.2) is 66.7 Å². The van der Waals surface area contributed by atoms with Crippen molar-refractivity contribution in [2.45, 2.75) is 0 Å². The van der Waals surface area contributed by atoms with Gasteiger partial charge < -0.3 is 0 Å². The molecule has 1 nitrogen and oxygen atoms in total. The van der Waals surface area contributed by atoms with Crippen molar-refractivity contribution in [3.63, 3.8) is 0 Å². The average Bonchev–Trinajstić information content (AvgIpc) is 2.47. The third-order valence-corrected chi connectivity index (χ3v) is 3.45. The van der Waals surface area contributed by atoms with Gasteiger partial charge in [0.05, 0.1) is 0 Å². The van der Waals surface area contributed by atoms with E-state index in [0.29, 0.717) is 10.3 Å². The highest BCUT2D eigenvalue weighted by atomic mass is 35.5. The van der Waals surface area contributed by atoms with Gasteiger partial charge in [-0.3, -0.25) is 0 Å². The summed E-state index contributed by atoms with van der Waals surface area (Å²) in [6.45, 7) is 0. The molecule has 3 aromatic rings. The lowest BCUT2D eigenvalue weighted by Gasteiger charge is -2.06. The first-order valence-corrected chi connectivity index (χ1v) is 6.97. The van der Waals surface area contributed by atoms with Crippen LogP contribution in [-0.2, 0) is 0 Å². The number of halogens is 2. The van der Waals surface area contributed by atoms with E-state index in [4.69, 9.17) is 23.2 Å². The van der Waals surface area contributed by atoms with E-state index in [-0.39, 0.29) is 0 Å². The maximum atomic E-state index is 5.96. The van der Waals surface area contributed by atoms with Crippen molar-refractivity contribution >= 4 is 23.2 Å². The van der Waals surface area contributed by atoms with Crippen LogP contribution < -0.4 is 0 Å². The van der Waals surface area contributed by atoms with E-state index >= 15 is 0 Å². The number of nitrogens with zero attached hydrogens (tertiary/aromatic N) is 1. The fraction of sp³-hybridized carbons (Fsp3) is 0. The van der Waals surface area contributed by atoms with Gasteiger partial charge in [0, 0.05) is 0 Å². The molecule has 0 saturated heterocycles. The first-order valence-electron chi connectivity index (χ1n) is 6.21. The maximum Gasteiger partial charge on any atom is 0.131 e. The van der Waals surface area contributed by atoms with Crippen molar-refractivity contribution < 1.29 is 0 Å². The van der Waals surface area contributed by atoms with Gasteiger partial charge in [-0.2, -0.15) is 0 Å². The summed E-state index contributed by atoms with van der Waals surface area (Å²) in [7, 11) is 0. The quantitative estimate of drug-likeness (QED) is 0.551. The summed E-state index contributed by atoms with van der Waals surface area (Å²) in [6, 6.07) is 22.2. The Labute approximate surface area is 127 Å². The largest absolute Gasteiger partial charge is 0.224 e. The van der Waals surface area contributed by atoms with E-state index in [1.165, 1.54) is 5.56 Å². The SMILES string of the molecule is Clc1cc(-c2cccc(-c3ccccc3)c2)cc(Cl)n1. The molecule has 3 rings (SSSR count). The van der Waals surface area contributed by atoms with Crippen LogP contribution in [0.5, 0.6) is 0 Å². The minimum absolute atomic E-state index is 0.401. The van der Waals surface area contributed by atoms with Crippen LogP contribution in [0.4, 0.5) is 0 Å². The van der Waals surface area contributed by atoms with Crippen molar-refractivity contribution in [3.8, 4) is 22.3 Å². The summed E-state index contributed by atoms with van der Waals surface area (Å²) in [5.41, 5.74) is 4.37. The van der Waals surface area contributed by atoms with E-state index in [0.717, 1.165) is 16.7 Å². The molecular formula is C17H11Cl2N. The van der Waals surface area contributed by atoms with Gasteiger partial charge in [-0.05, 0) is 40.5 Å². The fourth-order valence-corrected chi connectivity index (χ4v) is 2.60. The number of hydrogen-bond acceptors (Lipinski definition) is 1. The lowest BCUT2D eigenvalue weighted by molar-refractivity contribution is 1.33. The summed E-state index contributed by atoms with van der Waals surface area (Å²) in [6.07, 6.45) is 0. The summed E-state index contributed by atoms with van der Waals surface area (Å²) in [5.74, 6) is 0. The van der Waals surface area contributed by atoms with Crippen LogP contribution in [0.3, 0.4) is 0 Å². The van der Waals surface area contributed by atoms with E-state index in [2.05, 4.69) is 29.2 Å². The lowest BCUT2D eigenvalue weighted by atomic mass is 10.00. The minimum Gasteiger partial charge on any atom is -0.224 e. The Morgan fingerprint density at radius 1 is 0.550 bits per heavy atom. The molecule has 20 heavy (non-hydrogen) atoms. The smallest absolute Gasteiger partial charge is 0.131 e. The number of benzene rings is 2. The topological polar surface area (TPSA) is 12.9 Å². The first kappa shape index (κ1) is 13.2. The Bertz CT molecular complexity index is 719. The molecular weight excluding hydrogens is 289 g/mol. The molecule has 0 atom stereocenters. The van der Waals surface area contributed by atoms with E-state index in [9.17, 15) is 0 Å². The highest BCUT2D eigenvalue weighted by Gasteiger charge is 2.04. The Hall–Kier alpha value is -1.83. The van der Waals surface area contributed by atoms with Gasteiger partial charge in [0.1, 0.15) is 10.3 Å². The molecule has 0 radical (unpaired) electrons. The van der Waals surface area contributed by atoms with Gasteiger partial charge in [0.2, 0.25) is 0 Å². The summed E-state index contributed by atoms with van der Waals surface area (Å²) >= 11 is 11.9. The zero-order valence-corrected chi connectivity index (χ0v) is 12.1. The Kier molecular flexibility index (Phi) is 3.72. The summed E-state index contributed by atoms with van der Waals surface area (Å²) in [4.78, 5) is 3.97. The number of aromatic nitrogens is 1. The van der Waals surface area contributed by atoms with Gasteiger partial charge in [0.15, 0.2) is 0 Å². The fourth-order valence-electron chi connectivity index (χ4n) is 2.14. The molecule has 98 valence electrons. The molecule has 0 aliphatic heterocycles. The Morgan fingerprint density at radius 2 is 1.10 bits per heavy atom. The van der Waals surface area contributed by atoms with Crippen molar-refractivity contribution in [3.05, 3.63) is 77.0 Å². The Morgan fingerprint density at radius 3 is 1.75 bits per heavy atom. The molecule has 3 heteroatoms. The molecule has 0 aliphatic carbocycles. The van der Waals surface area contributed by atoms with Crippen molar-refractivity contribution in [2.24, 2.45) is 0 Å². The van der Waals surface area contributed by atoms with Gasteiger partial charge in [-0.15, -0.1) is 0 Å². The van der Waals surface area contributed by atoms with E-state index in [1.807, 2.05) is 42.5 Å². The summed E-state index contributed by atoms with van der Waals surface area (Å²) < 4.78 is 0. The third kappa shape index (κ3) is 2.84. The second kappa shape index (κ2) is 5.66. The maximum absolute atomic E-state index is 5.96. The monoisotopic (exact) mass is 299 g/mol. The van der Waals surface area contributed by atoms with E-state index < -0.39 is 0 Å². The van der Waals surface area contributed by atoms with Crippen LogP contribution in [0.25, 0.3) is 22.3 Å². The number of pyridine rings is 1. The molecule has 1 aromatic heterocycles. The number of hydrogen-bond donors (Lipinski definition) is 0. The number of rotatable bonds is 2. The molecule has 0 aliphatic rings. The van der Waals surface area contributed by atoms with Gasteiger partial charge in [0.25, 0.3) is 0 Å². The van der Waals surface area contributed by atoms with Gasteiger partial charge in [-0.1, -0.05) is 71.7 Å². The molecule has 0 bridgehead atoms. The first-order chi connectivity index (χ1) is 9.72. The predicted octanol–water partition coefficient (Wildman–Crippen LogP) is 5.72. The molecule has 0 fully saturated rings. The van der Waals surface area contributed by atoms with Crippen molar-refractivity contribution in [1.29, 1.82) is 0 Å². The van der Waals surface area contributed by atoms with Gasteiger partial charge in [-0.25, -0.2) is 4.98 Å². The van der Waals surface area contributed by atoms with Gasteiger partial charge >= 0.3 is 0 Å². The molecule has 0 N–H and O–H groups in total. The van der Waals surface area contributed by atoms with E-state index in [1.54, 1.807) is 0 Å². The average molecular weight is 300 g/mol. The van der Waals surface area contributed by atoms with Crippen LogP contribution in [0, 0.1) is 0 Å². The van der Waals surface area contributed by atoms with Crippen molar-refractivity contribution in [2.75, 3.05) is 0 Å². The van der Waals surface area contributed by atoms with Crippen LogP contribution in [-0.4, -0.2) is 4.98 Å². The Balaban J connectivity index is 2.07. The highest BCUT2D eigenvalue weighted by Crippen LogP contribution is 2.28. The highest BCUT2D eigenvalue weighted by molar-refractivity contribution is 6.32. The zero-order chi connectivity index (χ0) is 13.9. The zero-order valence-electron chi connectivity index (χ0n) is 10.6. The standard InChI is InChI=1S/C17H11Cl2N/c18-16-10-15(11-17(19)20-16)14-8-4-7-13(9-14)12-5-2-1-3-6-12/h1-11H. The second-order valence-corrected chi connectivity index (χ2v) is 5.22. The molecule has 0 spiro atoms. The molecule has 0 saturated carbocycles.